The Balaban J connectivity index is 1.60. The summed E-state index contributed by atoms with van der Waals surface area (Å²) in [5.74, 6) is -0.998. The summed E-state index contributed by atoms with van der Waals surface area (Å²) in [5.41, 5.74) is 0.202. The lowest BCUT2D eigenvalue weighted by Gasteiger charge is -2.16. The van der Waals surface area contributed by atoms with Crippen molar-refractivity contribution in [2.24, 2.45) is 0 Å². The van der Waals surface area contributed by atoms with E-state index >= 15 is 0 Å². The normalized spacial score (nSPS) is 20.5. The van der Waals surface area contributed by atoms with Crippen LogP contribution in [0.1, 0.15) is 40.4 Å². The SMILES string of the molecule is O=C(NCCCN1CCCC1)c1cccc2c1C(S(=O)(=O)c1ccccc1)CS2(=O)=O. The first-order valence-electron chi connectivity index (χ1n) is 10.5. The molecule has 1 atom stereocenters. The van der Waals surface area contributed by atoms with Crippen molar-refractivity contribution >= 4 is 25.6 Å². The van der Waals surface area contributed by atoms with Gasteiger partial charge >= 0.3 is 0 Å². The highest BCUT2D eigenvalue weighted by Gasteiger charge is 2.45. The number of hydrogen-bond acceptors (Lipinski definition) is 6. The van der Waals surface area contributed by atoms with Crippen LogP contribution in [0, 0.1) is 0 Å². The Labute approximate surface area is 183 Å². The summed E-state index contributed by atoms with van der Waals surface area (Å²) in [5, 5.41) is 1.53. The molecule has 0 saturated carbocycles. The third-order valence-corrected chi connectivity index (χ3v) is 10.0. The Bertz CT molecular complexity index is 1170. The second kappa shape index (κ2) is 8.72. The smallest absolute Gasteiger partial charge is 0.251 e. The Morgan fingerprint density at radius 2 is 1.74 bits per heavy atom. The largest absolute Gasteiger partial charge is 0.352 e. The standard InChI is InChI=1S/C22H26N2O5S2/c25-22(23-12-7-15-24-13-4-5-14-24)18-10-6-11-19-21(18)20(16-30(19,26)27)31(28,29)17-8-2-1-3-9-17/h1-3,6,8-11,20H,4-5,7,12-16H2,(H,23,25). The molecule has 1 saturated heterocycles. The van der Waals surface area contributed by atoms with Gasteiger partial charge in [0.25, 0.3) is 5.91 Å². The Morgan fingerprint density at radius 1 is 1.03 bits per heavy atom. The topological polar surface area (TPSA) is 101 Å². The highest BCUT2D eigenvalue weighted by molar-refractivity contribution is 7.96. The Hall–Kier alpha value is -2.23. The minimum atomic E-state index is -3.98. The molecule has 0 aromatic heterocycles. The quantitative estimate of drug-likeness (QED) is 0.633. The summed E-state index contributed by atoms with van der Waals surface area (Å²) in [6.45, 7) is 3.50. The molecule has 2 heterocycles. The molecular weight excluding hydrogens is 436 g/mol. The van der Waals surface area contributed by atoms with Crippen LogP contribution in [-0.2, 0) is 19.7 Å². The van der Waals surface area contributed by atoms with E-state index in [1.54, 1.807) is 18.2 Å². The highest BCUT2D eigenvalue weighted by atomic mass is 32.2. The molecule has 1 N–H and O–H groups in total. The van der Waals surface area contributed by atoms with Crippen molar-refractivity contribution in [2.45, 2.75) is 34.3 Å². The number of likely N-dealkylation sites (tertiary alicyclic amines) is 1. The summed E-state index contributed by atoms with van der Waals surface area (Å²) < 4.78 is 52.0. The molecule has 7 nitrogen and oxygen atoms in total. The van der Waals surface area contributed by atoms with Crippen LogP contribution in [0.4, 0.5) is 0 Å². The zero-order valence-corrected chi connectivity index (χ0v) is 18.8. The fraction of sp³-hybridized carbons (Fsp3) is 0.409. The average molecular weight is 463 g/mol. The van der Waals surface area contributed by atoms with E-state index in [0.29, 0.717) is 6.54 Å². The van der Waals surface area contributed by atoms with Crippen LogP contribution in [0.15, 0.2) is 58.3 Å². The molecule has 0 spiro atoms. The maximum absolute atomic E-state index is 13.3. The van der Waals surface area contributed by atoms with E-state index in [1.807, 2.05) is 0 Å². The van der Waals surface area contributed by atoms with Crippen LogP contribution in [-0.4, -0.2) is 59.6 Å². The van der Waals surface area contributed by atoms with Crippen molar-refractivity contribution in [2.75, 3.05) is 31.9 Å². The number of rotatable bonds is 7. The maximum Gasteiger partial charge on any atom is 0.251 e. The summed E-state index contributed by atoms with van der Waals surface area (Å²) in [4.78, 5) is 15.2. The van der Waals surface area contributed by atoms with Crippen LogP contribution in [0.3, 0.4) is 0 Å². The van der Waals surface area contributed by atoms with Gasteiger partial charge in [-0.1, -0.05) is 24.3 Å². The van der Waals surface area contributed by atoms with Crippen molar-refractivity contribution in [1.29, 1.82) is 0 Å². The number of carbonyl (C=O) groups is 1. The second-order valence-corrected chi connectivity index (χ2v) is 12.1. The van der Waals surface area contributed by atoms with Crippen molar-refractivity contribution in [1.82, 2.24) is 10.2 Å². The molecule has 0 aliphatic carbocycles. The molecular formula is C22H26N2O5S2. The van der Waals surface area contributed by atoms with Gasteiger partial charge in [-0.3, -0.25) is 4.79 Å². The number of nitrogens with one attached hydrogen (secondary N) is 1. The van der Waals surface area contributed by atoms with Crippen molar-refractivity contribution in [3.63, 3.8) is 0 Å². The lowest BCUT2D eigenvalue weighted by molar-refractivity contribution is 0.0951. The molecule has 2 aromatic rings. The molecule has 1 amide bonds. The third kappa shape index (κ3) is 4.40. The van der Waals surface area contributed by atoms with Crippen molar-refractivity contribution < 1.29 is 21.6 Å². The van der Waals surface area contributed by atoms with Gasteiger partial charge in [-0.2, -0.15) is 0 Å². The fourth-order valence-corrected chi connectivity index (χ4v) is 8.72. The summed E-state index contributed by atoms with van der Waals surface area (Å²) >= 11 is 0. The van der Waals surface area contributed by atoms with Crippen LogP contribution in [0.25, 0.3) is 0 Å². The number of benzene rings is 2. The minimum absolute atomic E-state index is 0.0453. The van der Waals surface area contributed by atoms with E-state index in [0.717, 1.165) is 26.1 Å². The maximum atomic E-state index is 13.3. The number of amides is 1. The Morgan fingerprint density at radius 3 is 2.45 bits per heavy atom. The van der Waals surface area contributed by atoms with Crippen LogP contribution in [0.2, 0.25) is 0 Å². The van der Waals surface area contributed by atoms with E-state index < -0.39 is 36.6 Å². The lowest BCUT2D eigenvalue weighted by atomic mass is 10.0. The van der Waals surface area contributed by atoms with Gasteiger partial charge in [-0.05, 0) is 63.2 Å². The molecule has 2 aromatic carbocycles. The zero-order chi connectivity index (χ0) is 22.1. The number of carbonyl (C=O) groups excluding carboxylic acids is 1. The molecule has 4 rings (SSSR count). The lowest BCUT2D eigenvalue weighted by Crippen LogP contribution is -2.29. The molecule has 9 heteroatoms. The number of sulfone groups is 2. The molecule has 2 aliphatic rings. The van der Waals surface area contributed by atoms with E-state index in [-0.39, 0.29) is 20.9 Å². The average Bonchev–Trinajstić information content (AvgIpc) is 3.38. The van der Waals surface area contributed by atoms with Gasteiger partial charge in [-0.25, -0.2) is 16.8 Å². The third-order valence-electron chi connectivity index (χ3n) is 5.92. The monoisotopic (exact) mass is 462 g/mol. The first kappa shape index (κ1) is 22.0. The molecule has 0 radical (unpaired) electrons. The van der Waals surface area contributed by atoms with Gasteiger partial charge in [0.15, 0.2) is 19.7 Å². The summed E-state index contributed by atoms with van der Waals surface area (Å²) in [7, 11) is -7.79. The van der Waals surface area contributed by atoms with Gasteiger partial charge in [-0.15, -0.1) is 0 Å². The van der Waals surface area contributed by atoms with E-state index in [2.05, 4.69) is 10.2 Å². The van der Waals surface area contributed by atoms with Gasteiger partial charge in [0.05, 0.1) is 15.5 Å². The first-order valence-corrected chi connectivity index (χ1v) is 13.7. The molecule has 31 heavy (non-hydrogen) atoms. The van der Waals surface area contributed by atoms with E-state index in [4.69, 9.17) is 0 Å². The highest BCUT2D eigenvalue weighted by Crippen LogP contribution is 2.42. The minimum Gasteiger partial charge on any atom is -0.352 e. The van der Waals surface area contributed by atoms with Gasteiger partial charge in [0.1, 0.15) is 5.25 Å². The van der Waals surface area contributed by atoms with Crippen LogP contribution >= 0.6 is 0 Å². The van der Waals surface area contributed by atoms with E-state index in [9.17, 15) is 21.6 Å². The predicted molar refractivity (Wildman–Crippen MR) is 117 cm³/mol. The van der Waals surface area contributed by atoms with Gasteiger partial charge in [0.2, 0.25) is 0 Å². The summed E-state index contributed by atoms with van der Waals surface area (Å²) in [6, 6.07) is 12.2. The fourth-order valence-electron chi connectivity index (χ4n) is 4.34. The van der Waals surface area contributed by atoms with Gasteiger partial charge in [0, 0.05) is 17.7 Å². The van der Waals surface area contributed by atoms with E-state index in [1.165, 1.54) is 43.2 Å². The molecule has 0 bridgehead atoms. The zero-order valence-electron chi connectivity index (χ0n) is 17.2. The summed E-state index contributed by atoms with van der Waals surface area (Å²) in [6.07, 6.45) is 3.19. The number of fused-ring (bicyclic) bond motifs is 1. The molecule has 1 fully saturated rings. The first-order chi connectivity index (χ1) is 14.8. The van der Waals surface area contributed by atoms with Crippen LogP contribution < -0.4 is 5.32 Å². The number of hydrogen-bond donors (Lipinski definition) is 1. The molecule has 2 aliphatic heterocycles. The second-order valence-electron chi connectivity index (χ2n) is 8.00. The van der Waals surface area contributed by atoms with Crippen molar-refractivity contribution in [3.8, 4) is 0 Å². The molecule has 166 valence electrons. The number of nitrogens with zero attached hydrogens (tertiary/aromatic N) is 1. The van der Waals surface area contributed by atoms with Crippen molar-refractivity contribution in [3.05, 3.63) is 59.7 Å². The predicted octanol–water partition coefficient (Wildman–Crippen LogP) is 2.20. The van der Waals surface area contributed by atoms with Gasteiger partial charge < -0.3 is 10.2 Å². The Kier molecular flexibility index (Phi) is 6.18. The van der Waals surface area contributed by atoms with Crippen LogP contribution in [0.5, 0.6) is 0 Å². The molecule has 1 unspecified atom stereocenters.